The number of thiocarbonyl (C=S) groups is 1. The van der Waals surface area contributed by atoms with Crippen LogP contribution < -0.4 is 15.4 Å². The van der Waals surface area contributed by atoms with Crippen molar-refractivity contribution in [3.8, 4) is 5.75 Å². The van der Waals surface area contributed by atoms with Crippen molar-refractivity contribution in [1.29, 1.82) is 0 Å². The number of fused-ring (bicyclic) bond motifs is 1. The van der Waals surface area contributed by atoms with Crippen LogP contribution in [0.1, 0.15) is 21.5 Å². The summed E-state index contributed by atoms with van der Waals surface area (Å²) < 4.78 is 14.3. The van der Waals surface area contributed by atoms with E-state index in [4.69, 9.17) is 17.0 Å². The molecule has 6 nitrogen and oxygen atoms in total. The number of nitrogens with zero attached hydrogens (tertiary/aromatic N) is 2. The maximum Gasteiger partial charge on any atom is 0.257 e. The van der Waals surface area contributed by atoms with Crippen LogP contribution in [0, 0.1) is 6.92 Å². The molecule has 0 aliphatic heterocycles. The first-order valence-corrected chi connectivity index (χ1v) is 10.3. The van der Waals surface area contributed by atoms with Crippen LogP contribution in [0.3, 0.4) is 0 Å². The van der Waals surface area contributed by atoms with Gasteiger partial charge in [0.25, 0.3) is 5.91 Å². The van der Waals surface area contributed by atoms with Crippen LogP contribution in [0.15, 0.2) is 66.7 Å². The molecule has 0 unspecified atom stereocenters. The van der Waals surface area contributed by atoms with Gasteiger partial charge in [0, 0.05) is 5.56 Å². The lowest BCUT2D eigenvalue weighted by Crippen LogP contribution is -2.34. The fourth-order valence-corrected chi connectivity index (χ4v) is 3.64. The van der Waals surface area contributed by atoms with Crippen LogP contribution in [0.5, 0.6) is 5.75 Å². The van der Waals surface area contributed by atoms with Crippen LogP contribution in [0.2, 0.25) is 0 Å². The van der Waals surface area contributed by atoms with E-state index in [1.165, 1.54) is 0 Å². The number of hydrogen-bond acceptors (Lipinski definition) is 6. The maximum atomic E-state index is 12.7. The summed E-state index contributed by atoms with van der Waals surface area (Å²) in [7, 11) is 0. The van der Waals surface area contributed by atoms with Gasteiger partial charge in [-0.05, 0) is 54.5 Å². The van der Waals surface area contributed by atoms with E-state index in [-0.39, 0.29) is 11.0 Å². The van der Waals surface area contributed by atoms with Crippen LogP contribution >= 0.6 is 23.9 Å². The van der Waals surface area contributed by atoms with Crippen molar-refractivity contribution in [3.05, 3.63) is 83.4 Å². The Labute approximate surface area is 183 Å². The second kappa shape index (κ2) is 8.98. The van der Waals surface area contributed by atoms with Crippen molar-refractivity contribution in [2.75, 3.05) is 5.32 Å². The van der Waals surface area contributed by atoms with E-state index < -0.39 is 0 Å². The van der Waals surface area contributed by atoms with Gasteiger partial charge in [0.15, 0.2) is 5.11 Å². The Morgan fingerprint density at radius 1 is 1.07 bits per heavy atom. The first-order valence-electron chi connectivity index (χ1n) is 9.21. The molecule has 0 aliphatic carbocycles. The molecule has 8 heteroatoms. The maximum absolute atomic E-state index is 12.7. The molecule has 1 amide bonds. The average Bonchev–Trinajstić information content (AvgIpc) is 3.24. The first-order chi connectivity index (χ1) is 14.6. The van der Waals surface area contributed by atoms with Gasteiger partial charge in [-0.2, -0.15) is 8.75 Å². The summed E-state index contributed by atoms with van der Waals surface area (Å²) in [4.78, 5) is 12.7. The van der Waals surface area contributed by atoms with Crippen LogP contribution in [-0.4, -0.2) is 19.8 Å². The third-order valence-corrected chi connectivity index (χ3v) is 5.19. The zero-order valence-corrected chi connectivity index (χ0v) is 17.7. The summed E-state index contributed by atoms with van der Waals surface area (Å²) in [6.07, 6.45) is 0. The number of amides is 1. The van der Waals surface area contributed by atoms with Gasteiger partial charge in [-0.15, -0.1) is 0 Å². The molecule has 1 aromatic heterocycles. The minimum absolute atomic E-state index is 0.194. The van der Waals surface area contributed by atoms with E-state index in [1.54, 1.807) is 18.2 Å². The summed E-state index contributed by atoms with van der Waals surface area (Å²) in [6.45, 7) is 2.37. The summed E-state index contributed by atoms with van der Waals surface area (Å²) in [6, 6.07) is 20.7. The molecule has 0 bridgehead atoms. The molecule has 0 spiro atoms. The molecule has 0 fully saturated rings. The number of ether oxygens (including phenoxy) is 1. The quantitative estimate of drug-likeness (QED) is 0.443. The van der Waals surface area contributed by atoms with Crippen LogP contribution in [0.4, 0.5) is 5.69 Å². The average molecular weight is 435 g/mol. The molecule has 0 atom stereocenters. The van der Waals surface area contributed by atoms with Gasteiger partial charge in [0.05, 0.1) is 17.4 Å². The van der Waals surface area contributed by atoms with Crippen molar-refractivity contribution in [2.24, 2.45) is 0 Å². The number of aromatic nitrogens is 2. The van der Waals surface area contributed by atoms with Crippen molar-refractivity contribution in [2.45, 2.75) is 13.5 Å². The summed E-state index contributed by atoms with van der Waals surface area (Å²) in [5.41, 5.74) is 4.72. The van der Waals surface area contributed by atoms with Crippen LogP contribution in [0.25, 0.3) is 11.0 Å². The lowest BCUT2D eigenvalue weighted by molar-refractivity contribution is 0.0977. The molecule has 3 aromatic carbocycles. The highest BCUT2D eigenvalue weighted by Crippen LogP contribution is 2.25. The number of rotatable bonds is 5. The number of carbonyl (C=O) groups is 1. The predicted molar refractivity (Wildman–Crippen MR) is 123 cm³/mol. The molecule has 150 valence electrons. The number of carbonyl (C=O) groups excluding carboxylic acids is 1. The minimum atomic E-state index is -0.320. The summed E-state index contributed by atoms with van der Waals surface area (Å²) >= 11 is 6.47. The summed E-state index contributed by atoms with van der Waals surface area (Å²) in [5.74, 6) is 0.290. The number of anilines is 1. The van der Waals surface area contributed by atoms with Gasteiger partial charge in [0.2, 0.25) is 0 Å². The summed E-state index contributed by atoms with van der Waals surface area (Å²) in [5, 5.41) is 5.98. The standard InChI is InChI=1S/C22H18N4O2S2/c1-14-10-11-18-20(26-30-25-18)19(14)23-22(29)24-21(27)16-8-5-9-17(12-16)28-13-15-6-3-2-4-7-15/h2-12H,13H2,1H3,(H2,23,24,27,29). The fourth-order valence-electron chi connectivity index (χ4n) is 2.90. The molecule has 0 saturated carbocycles. The number of hydrogen-bond donors (Lipinski definition) is 2. The SMILES string of the molecule is Cc1ccc2nsnc2c1NC(=S)NC(=O)c1cccc(OCc2ccccc2)c1. The largest absolute Gasteiger partial charge is 0.489 e. The highest BCUT2D eigenvalue weighted by Gasteiger charge is 2.13. The zero-order chi connectivity index (χ0) is 20.9. The zero-order valence-electron chi connectivity index (χ0n) is 16.1. The van der Waals surface area contributed by atoms with Crippen LogP contribution in [-0.2, 0) is 6.61 Å². The lowest BCUT2D eigenvalue weighted by Gasteiger charge is -2.12. The van der Waals surface area contributed by atoms with Crippen molar-refractivity contribution < 1.29 is 9.53 Å². The smallest absolute Gasteiger partial charge is 0.257 e. The number of nitrogens with one attached hydrogen (secondary N) is 2. The Morgan fingerprint density at radius 3 is 2.73 bits per heavy atom. The molecule has 4 rings (SSSR count). The Morgan fingerprint density at radius 2 is 1.90 bits per heavy atom. The van der Waals surface area contributed by atoms with Crippen molar-refractivity contribution in [3.63, 3.8) is 0 Å². The number of benzene rings is 3. The van der Waals surface area contributed by atoms with Gasteiger partial charge < -0.3 is 10.1 Å². The fraction of sp³-hybridized carbons (Fsp3) is 0.0909. The van der Waals surface area contributed by atoms with Gasteiger partial charge in [-0.25, -0.2) is 0 Å². The molecule has 0 aliphatic rings. The normalized spacial score (nSPS) is 10.6. The van der Waals surface area contributed by atoms with Crippen molar-refractivity contribution in [1.82, 2.24) is 14.1 Å². The van der Waals surface area contributed by atoms with E-state index >= 15 is 0 Å². The Hall–Kier alpha value is -3.36. The second-order valence-electron chi connectivity index (χ2n) is 6.60. The van der Waals surface area contributed by atoms with Gasteiger partial charge in [-0.3, -0.25) is 10.1 Å². The predicted octanol–water partition coefficient (Wildman–Crippen LogP) is 4.71. The molecule has 0 radical (unpaired) electrons. The van der Waals surface area contributed by atoms with E-state index in [0.29, 0.717) is 17.9 Å². The topological polar surface area (TPSA) is 76.1 Å². The van der Waals surface area contributed by atoms with E-state index in [2.05, 4.69) is 19.4 Å². The van der Waals surface area contributed by atoms with Gasteiger partial charge in [0.1, 0.15) is 23.4 Å². The molecule has 30 heavy (non-hydrogen) atoms. The monoisotopic (exact) mass is 434 g/mol. The van der Waals surface area contributed by atoms with E-state index in [9.17, 15) is 4.79 Å². The van der Waals surface area contributed by atoms with Crippen molar-refractivity contribution >= 4 is 51.7 Å². The van der Waals surface area contributed by atoms with E-state index in [1.807, 2.05) is 55.5 Å². The third-order valence-electron chi connectivity index (χ3n) is 4.45. The minimum Gasteiger partial charge on any atom is -0.489 e. The third kappa shape index (κ3) is 4.61. The second-order valence-corrected chi connectivity index (χ2v) is 7.54. The number of aryl methyl sites for hydroxylation is 1. The first kappa shape index (κ1) is 19.9. The molecule has 1 heterocycles. The van der Waals surface area contributed by atoms with Gasteiger partial charge >= 0.3 is 0 Å². The lowest BCUT2D eigenvalue weighted by atomic mass is 10.1. The Balaban J connectivity index is 1.41. The molecule has 0 saturated heterocycles. The highest BCUT2D eigenvalue weighted by molar-refractivity contribution is 7.80. The Kier molecular flexibility index (Phi) is 5.97. The highest BCUT2D eigenvalue weighted by atomic mass is 32.1. The molecular weight excluding hydrogens is 416 g/mol. The molecule has 4 aromatic rings. The van der Waals surface area contributed by atoms with E-state index in [0.717, 1.165) is 39.6 Å². The van der Waals surface area contributed by atoms with Gasteiger partial charge in [-0.1, -0.05) is 42.5 Å². The Bertz CT molecular complexity index is 1210. The molecular formula is C22H18N4O2S2. The molecule has 2 N–H and O–H groups in total.